The van der Waals surface area contributed by atoms with Crippen LogP contribution in [0.25, 0.3) is 5.57 Å². The third kappa shape index (κ3) is 11.6. The lowest BCUT2D eigenvalue weighted by Gasteiger charge is -2.39. The van der Waals surface area contributed by atoms with Crippen LogP contribution in [0.2, 0.25) is 26.2 Å². The Balaban J connectivity index is 2.44. The van der Waals surface area contributed by atoms with Gasteiger partial charge in [0, 0.05) is 0 Å². The molecule has 3 nitrogen and oxygen atoms in total. The summed E-state index contributed by atoms with van der Waals surface area (Å²) in [6, 6.07) is 16.0. The maximum atomic E-state index is 10.6. The zero-order valence-corrected chi connectivity index (χ0v) is 32.0. The Morgan fingerprint density at radius 3 is 1.77 bits per heavy atom. The molecule has 5 heteroatoms. The summed E-state index contributed by atoms with van der Waals surface area (Å²) < 4.78 is 13.5. The number of allylic oxidation sites excluding steroid dienone is 3. The largest absolute Gasteiger partial charge is 0.413 e. The highest BCUT2D eigenvalue weighted by Crippen LogP contribution is 2.45. The average Bonchev–Trinajstić information content (AvgIpc) is 2.92. The van der Waals surface area contributed by atoms with Crippen molar-refractivity contribution in [3.63, 3.8) is 0 Å². The van der Waals surface area contributed by atoms with E-state index in [2.05, 4.69) is 123 Å². The second-order valence-corrected chi connectivity index (χ2v) is 19.8. The fourth-order valence-electron chi connectivity index (χ4n) is 5.49. The van der Waals surface area contributed by atoms with Gasteiger partial charge in [-0.05, 0) is 103 Å². The minimum absolute atomic E-state index is 0.0159. The Bertz CT molecular complexity index is 1210. The van der Waals surface area contributed by atoms with E-state index < -0.39 is 23.7 Å². The van der Waals surface area contributed by atoms with E-state index >= 15 is 0 Å². The molecule has 2 atom stereocenters. The average molecular weight is 623 g/mol. The predicted molar refractivity (Wildman–Crippen MR) is 193 cm³/mol. The molecule has 240 valence electrons. The van der Waals surface area contributed by atoms with Gasteiger partial charge in [-0.15, -0.1) is 0 Å². The first kappa shape index (κ1) is 37.4. The van der Waals surface area contributed by atoms with E-state index in [4.69, 9.17) is 8.85 Å². The van der Waals surface area contributed by atoms with Crippen LogP contribution >= 0.6 is 0 Å². The van der Waals surface area contributed by atoms with Gasteiger partial charge in [0.25, 0.3) is 0 Å². The van der Waals surface area contributed by atoms with Gasteiger partial charge in [0.15, 0.2) is 18.1 Å². The predicted octanol–water partition coefficient (Wildman–Crippen LogP) is 10.2. The highest BCUT2D eigenvalue weighted by molar-refractivity contribution is 6.48. The molecule has 2 aromatic carbocycles. The lowest BCUT2D eigenvalue weighted by molar-refractivity contribution is 0.0655. The Hall–Kier alpha value is -1.77. The van der Waals surface area contributed by atoms with Crippen LogP contribution in [-0.4, -0.2) is 28.8 Å². The van der Waals surface area contributed by atoms with Crippen LogP contribution in [0.15, 0.2) is 60.7 Å². The Labute approximate surface area is 268 Å². The van der Waals surface area contributed by atoms with E-state index in [-0.39, 0.29) is 23.0 Å². The van der Waals surface area contributed by atoms with Crippen molar-refractivity contribution in [1.82, 2.24) is 0 Å². The molecule has 2 unspecified atom stereocenters. The highest BCUT2D eigenvalue weighted by atomic mass is 28.3. The molecule has 0 aliphatic heterocycles. The monoisotopic (exact) mass is 622 g/mol. The molecule has 0 amide bonds. The van der Waals surface area contributed by atoms with Crippen LogP contribution in [0, 0.1) is 10.8 Å². The van der Waals surface area contributed by atoms with Gasteiger partial charge < -0.3 is 14.0 Å². The summed E-state index contributed by atoms with van der Waals surface area (Å²) in [7, 11) is -2.57. The summed E-state index contributed by atoms with van der Waals surface area (Å²) in [6.07, 6.45) is 9.48. The van der Waals surface area contributed by atoms with Gasteiger partial charge in [0.2, 0.25) is 0 Å². The van der Waals surface area contributed by atoms with Gasteiger partial charge in [0.05, 0.1) is 17.8 Å². The van der Waals surface area contributed by atoms with Gasteiger partial charge in [0.1, 0.15) is 0 Å². The van der Waals surface area contributed by atoms with E-state index in [0.717, 1.165) is 25.7 Å². The molecule has 43 heavy (non-hydrogen) atoms. The second kappa shape index (κ2) is 16.0. The minimum Gasteiger partial charge on any atom is -0.413 e. The Morgan fingerprint density at radius 1 is 0.767 bits per heavy atom. The third-order valence-corrected chi connectivity index (χ3v) is 9.80. The van der Waals surface area contributed by atoms with Crippen molar-refractivity contribution >= 4 is 23.7 Å². The smallest absolute Gasteiger partial charge is 0.171 e. The molecule has 0 aliphatic rings. The van der Waals surface area contributed by atoms with Crippen LogP contribution in [0.4, 0.5) is 0 Å². The van der Waals surface area contributed by atoms with Crippen molar-refractivity contribution in [3.8, 4) is 0 Å². The van der Waals surface area contributed by atoms with Crippen molar-refractivity contribution in [3.05, 3.63) is 88.5 Å². The molecular formula is C38H62O3Si2. The molecule has 0 saturated carbocycles. The highest BCUT2D eigenvalue weighted by Gasteiger charge is 2.36. The zero-order chi connectivity index (χ0) is 32.6. The summed E-state index contributed by atoms with van der Waals surface area (Å²) in [6.45, 7) is 29.1. The Morgan fingerprint density at radius 2 is 1.28 bits per heavy atom. The molecule has 2 rings (SSSR count). The first-order valence-electron chi connectivity index (χ1n) is 16.5. The molecule has 0 saturated heterocycles. The quantitative estimate of drug-likeness (QED) is 0.168. The Kier molecular flexibility index (Phi) is 13.9. The molecule has 0 fully saturated rings. The van der Waals surface area contributed by atoms with Gasteiger partial charge in [-0.1, -0.05) is 116 Å². The summed E-state index contributed by atoms with van der Waals surface area (Å²) in [5.74, 6) is 0. The summed E-state index contributed by atoms with van der Waals surface area (Å²) >= 11 is 0. The molecule has 2 aromatic rings. The SMILES string of the molecule is CCC(O)(C=CC=C(C)c1cccc(CCc2ccc(C(O[SiH](C)C)C(C)(C)C)c(C(O[SiH](C)C)C(C)(C)C)c2)c1)CC. The molecule has 1 N–H and O–H groups in total. The lowest BCUT2D eigenvalue weighted by atomic mass is 9.77. The van der Waals surface area contributed by atoms with Crippen LogP contribution in [0.5, 0.6) is 0 Å². The summed E-state index contributed by atoms with van der Waals surface area (Å²) in [5, 5.41) is 10.6. The molecule has 0 aromatic heterocycles. The zero-order valence-electron chi connectivity index (χ0n) is 29.7. The lowest BCUT2D eigenvalue weighted by Crippen LogP contribution is -2.31. The van der Waals surface area contributed by atoms with Crippen LogP contribution in [0.1, 0.15) is 115 Å². The number of rotatable bonds is 14. The number of aryl methyl sites for hydroxylation is 2. The van der Waals surface area contributed by atoms with Crippen molar-refractivity contribution in [1.29, 1.82) is 0 Å². The van der Waals surface area contributed by atoms with Crippen LogP contribution < -0.4 is 0 Å². The molecule has 0 radical (unpaired) electrons. The van der Waals surface area contributed by atoms with Gasteiger partial charge in [-0.3, -0.25) is 0 Å². The van der Waals surface area contributed by atoms with Crippen molar-refractivity contribution in [2.45, 2.75) is 132 Å². The number of hydrogen-bond acceptors (Lipinski definition) is 3. The van der Waals surface area contributed by atoms with Crippen molar-refractivity contribution in [2.24, 2.45) is 10.8 Å². The molecule has 0 heterocycles. The summed E-state index contributed by atoms with van der Waals surface area (Å²) in [4.78, 5) is 0. The second-order valence-electron chi connectivity index (χ2n) is 15.0. The minimum atomic E-state index is -1.30. The first-order chi connectivity index (χ1) is 19.9. The topological polar surface area (TPSA) is 38.7 Å². The maximum Gasteiger partial charge on any atom is 0.171 e. The van der Waals surface area contributed by atoms with E-state index in [1.165, 1.54) is 33.4 Å². The fourth-order valence-corrected chi connectivity index (χ4v) is 7.69. The molecular weight excluding hydrogens is 561 g/mol. The van der Waals surface area contributed by atoms with Gasteiger partial charge >= 0.3 is 0 Å². The van der Waals surface area contributed by atoms with Gasteiger partial charge in [-0.2, -0.15) is 0 Å². The molecule has 0 spiro atoms. The van der Waals surface area contributed by atoms with E-state index in [0.29, 0.717) is 0 Å². The van der Waals surface area contributed by atoms with Crippen LogP contribution in [0.3, 0.4) is 0 Å². The number of hydrogen-bond donors (Lipinski definition) is 1. The van der Waals surface area contributed by atoms with Crippen molar-refractivity contribution in [2.75, 3.05) is 0 Å². The maximum absolute atomic E-state index is 10.6. The normalized spacial score (nSPS) is 15.1. The third-order valence-electron chi connectivity index (χ3n) is 8.17. The van der Waals surface area contributed by atoms with E-state index in [1.807, 2.05) is 26.0 Å². The van der Waals surface area contributed by atoms with Crippen molar-refractivity contribution < 1.29 is 14.0 Å². The standard InChI is InChI=1S/C38H62O3Si2/c1-14-38(39,15-2)25-17-18-28(3)31-20-16-19-29(26-31)21-22-30-23-24-32(34(36(4,5)6)40-42(10)11)33(27-30)35(37(7,8)9)41-43(12)13/h16-20,23-27,34-35,39,42-43H,14-15,21-22H2,1-13H3. The van der Waals surface area contributed by atoms with E-state index in [9.17, 15) is 5.11 Å². The number of benzene rings is 2. The number of aliphatic hydroxyl groups is 1. The molecule has 0 bridgehead atoms. The summed E-state index contributed by atoms with van der Waals surface area (Å²) in [5.41, 5.74) is 6.92. The molecule has 0 aliphatic carbocycles. The van der Waals surface area contributed by atoms with Gasteiger partial charge in [-0.25, -0.2) is 0 Å². The van der Waals surface area contributed by atoms with Crippen LogP contribution in [-0.2, 0) is 21.7 Å². The first-order valence-corrected chi connectivity index (χ1v) is 22.1. The fraction of sp³-hybridized carbons (Fsp3) is 0.579. The van der Waals surface area contributed by atoms with E-state index in [1.54, 1.807) is 0 Å².